The summed E-state index contributed by atoms with van der Waals surface area (Å²) in [5, 5.41) is 3.60. The van der Waals surface area contributed by atoms with Crippen LogP contribution in [-0.4, -0.2) is 37.6 Å². The maximum atomic E-state index is 11.8. The van der Waals surface area contributed by atoms with Crippen LogP contribution in [0.25, 0.3) is 0 Å². The van der Waals surface area contributed by atoms with E-state index in [0.717, 1.165) is 24.4 Å². The quantitative estimate of drug-likeness (QED) is 0.906. The molecule has 120 valence electrons. The van der Waals surface area contributed by atoms with Crippen LogP contribution in [0.4, 0.5) is 0 Å². The molecule has 0 aromatic carbocycles. The molecule has 1 fully saturated rings. The van der Waals surface area contributed by atoms with Gasteiger partial charge in [-0.05, 0) is 46.6 Å². The second-order valence-corrected chi connectivity index (χ2v) is 8.09. The molecule has 1 aromatic rings. The molecule has 0 bridgehead atoms. The first-order valence-electron chi connectivity index (χ1n) is 7.64. The van der Waals surface area contributed by atoms with Gasteiger partial charge in [-0.1, -0.05) is 0 Å². The molecule has 0 aliphatic carbocycles. The van der Waals surface area contributed by atoms with Crippen LogP contribution in [0.2, 0.25) is 0 Å². The molecule has 1 aliphatic heterocycles. The summed E-state index contributed by atoms with van der Waals surface area (Å²) in [6.07, 6.45) is 1.72. The van der Waals surface area contributed by atoms with Crippen molar-refractivity contribution in [3.63, 3.8) is 0 Å². The van der Waals surface area contributed by atoms with Crippen molar-refractivity contribution in [1.29, 1.82) is 0 Å². The number of aryl methyl sites for hydroxylation is 2. The molecule has 6 heteroatoms. The van der Waals surface area contributed by atoms with Crippen molar-refractivity contribution in [2.75, 3.05) is 18.8 Å². The molecule has 2 rings (SSSR count). The third-order valence-electron chi connectivity index (χ3n) is 4.24. The molecular weight excluding hydrogens is 288 g/mol. The Morgan fingerprint density at radius 2 is 2.00 bits per heavy atom. The largest absolute Gasteiger partial charge is 0.466 e. The van der Waals surface area contributed by atoms with Gasteiger partial charge < -0.3 is 9.73 Å². The highest BCUT2D eigenvalue weighted by atomic mass is 32.2. The van der Waals surface area contributed by atoms with Crippen LogP contribution in [0.5, 0.6) is 0 Å². The van der Waals surface area contributed by atoms with Crippen molar-refractivity contribution < 1.29 is 12.8 Å². The Balaban J connectivity index is 1.90. The van der Waals surface area contributed by atoms with E-state index in [1.807, 2.05) is 13.8 Å². The standard InChI is InChI=1S/C15H26N2O3S/c1-5-21(18,19)17-8-6-14(7-9-17)16-12(3)15-10-11(2)20-13(15)4/h10,12,14,16H,5-9H2,1-4H3. The summed E-state index contributed by atoms with van der Waals surface area (Å²) >= 11 is 0. The minimum atomic E-state index is -3.04. The molecule has 0 saturated carbocycles. The third kappa shape index (κ3) is 3.87. The number of sulfonamides is 1. The average Bonchev–Trinajstić information content (AvgIpc) is 2.78. The maximum absolute atomic E-state index is 11.8. The highest BCUT2D eigenvalue weighted by Gasteiger charge is 2.27. The third-order valence-corrected chi connectivity index (χ3v) is 6.13. The molecule has 1 atom stereocenters. The van der Waals surface area contributed by atoms with Gasteiger partial charge in [0.2, 0.25) is 10.0 Å². The van der Waals surface area contributed by atoms with Crippen LogP contribution < -0.4 is 5.32 Å². The Morgan fingerprint density at radius 1 is 1.38 bits per heavy atom. The van der Waals surface area contributed by atoms with E-state index in [-0.39, 0.29) is 11.8 Å². The normalized spacial score (nSPS) is 19.8. The van der Waals surface area contributed by atoms with Crippen LogP contribution in [0, 0.1) is 13.8 Å². The van der Waals surface area contributed by atoms with Gasteiger partial charge in [-0.25, -0.2) is 12.7 Å². The lowest BCUT2D eigenvalue weighted by Gasteiger charge is -2.33. The number of piperidine rings is 1. The van der Waals surface area contributed by atoms with Gasteiger partial charge in [0.15, 0.2) is 0 Å². The average molecular weight is 314 g/mol. The fourth-order valence-corrected chi connectivity index (χ4v) is 4.14. The molecule has 5 nitrogen and oxygen atoms in total. The van der Waals surface area contributed by atoms with Crippen LogP contribution in [0.15, 0.2) is 10.5 Å². The van der Waals surface area contributed by atoms with Gasteiger partial charge >= 0.3 is 0 Å². The molecule has 1 unspecified atom stereocenters. The summed E-state index contributed by atoms with van der Waals surface area (Å²) in [6.45, 7) is 9.00. The lowest BCUT2D eigenvalue weighted by molar-refractivity contribution is 0.277. The van der Waals surface area contributed by atoms with E-state index >= 15 is 0 Å². The van der Waals surface area contributed by atoms with Crippen LogP contribution >= 0.6 is 0 Å². The predicted molar refractivity (Wildman–Crippen MR) is 83.8 cm³/mol. The van der Waals surface area contributed by atoms with Gasteiger partial charge in [-0.3, -0.25) is 0 Å². The summed E-state index contributed by atoms with van der Waals surface area (Å²) in [4.78, 5) is 0. The first-order chi connectivity index (χ1) is 9.83. The van der Waals surface area contributed by atoms with Gasteiger partial charge in [0.1, 0.15) is 11.5 Å². The topological polar surface area (TPSA) is 62.6 Å². The number of nitrogens with one attached hydrogen (secondary N) is 1. The summed E-state index contributed by atoms with van der Waals surface area (Å²) in [5.41, 5.74) is 1.19. The Morgan fingerprint density at radius 3 is 2.48 bits per heavy atom. The first-order valence-corrected chi connectivity index (χ1v) is 9.25. The summed E-state index contributed by atoms with van der Waals surface area (Å²) in [7, 11) is -3.04. The predicted octanol–water partition coefficient (Wildman–Crippen LogP) is 2.36. The second kappa shape index (κ2) is 6.50. The zero-order chi connectivity index (χ0) is 15.6. The van der Waals surface area contributed by atoms with E-state index in [2.05, 4.69) is 18.3 Å². The number of rotatable bonds is 5. The van der Waals surface area contributed by atoms with Crippen molar-refractivity contribution in [2.24, 2.45) is 0 Å². The number of nitrogens with zero attached hydrogens (tertiary/aromatic N) is 1. The summed E-state index contributed by atoms with van der Waals surface area (Å²) < 4.78 is 30.9. The van der Waals surface area contributed by atoms with Crippen LogP contribution in [-0.2, 0) is 10.0 Å². The number of furan rings is 1. The van der Waals surface area contributed by atoms with Gasteiger partial charge in [-0.15, -0.1) is 0 Å². The highest BCUT2D eigenvalue weighted by Crippen LogP contribution is 2.23. The molecule has 0 amide bonds. The SMILES string of the molecule is CCS(=O)(=O)N1CCC(NC(C)c2cc(C)oc2C)CC1. The van der Waals surface area contributed by atoms with Crippen molar-refractivity contribution in [3.8, 4) is 0 Å². The minimum absolute atomic E-state index is 0.189. The highest BCUT2D eigenvalue weighted by molar-refractivity contribution is 7.89. The molecule has 0 spiro atoms. The van der Waals surface area contributed by atoms with Gasteiger partial charge in [0.05, 0.1) is 5.75 Å². The van der Waals surface area contributed by atoms with E-state index in [9.17, 15) is 8.42 Å². The molecule has 0 radical (unpaired) electrons. The maximum Gasteiger partial charge on any atom is 0.213 e. The van der Waals surface area contributed by atoms with Gasteiger partial charge in [-0.2, -0.15) is 0 Å². The smallest absolute Gasteiger partial charge is 0.213 e. The van der Waals surface area contributed by atoms with Crippen molar-refractivity contribution >= 4 is 10.0 Å². The monoisotopic (exact) mass is 314 g/mol. The molecule has 2 heterocycles. The molecular formula is C15H26N2O3S. The zero-order valence-electron chi connectivity index (χ0n) is 13.3. The molecule has 1 N–H and O–H groups in total. The van der Waals surface area contributed by atoms with Gasteiger partial charge in [0, 0.05) is 30.7 Å². The minimum Gasteiger partial charge on any atom is -0.466 e. The Bertz CT molecular complexity index is 572. The fraction of sp³-hybridized carbons (Fsp3) is 0.733. The van der Waals surface area contributed by atoms with Crippen molar-refractivity contribution in [1.82, 2.24) is 9.62 Å². The first kappa shape index (κ1) is 16.5. The van der Waals surface area contributed by atoms with Crippen LogP contribution in [0.3, 0.4) is 0 Å². The van der Waals surface area contributed by atoms with E-state index in [1.165, 1.54) is 5.56 Å². The van der Waals surface area contributed by atoms with E-state index in [1.54, 1.807) is 11.2 Å². The van der Waals surface area contributed by atoms with Gasteiger partial charge in [0.25, 0.3) is 0 Å². The lowest BCUT2D eigenvalue weighted by Crippen LogP contribution is -2.45. The van der Waals surface area contributed by atoms with Crippen molar-refractivity contribution in [2.45, 2.75) is 52.6 Å². The van der Waals surface area contributed by atoms with E-state index in [4.69, 9.17) is 4.42 Å². The van der Waals surface area contributed by atoms with Crippen LogP contribution in [0.1, 0.15) is 49.8 Å². The number of hydrogen-bond acceptors (Lipinski definition) is 4. The number of hydrogen-bond donors (Lipinski definition) is 1. The Hall–Kier alpha value is -0.850. The fourth-order valence-electron chi connectivity index (χ4n) is 3.01. The second-order valence-electron chi connectivity index (χ2n) is 5.83. The molecule has 21 heavy (non-hydrogen) atoms. The Kier molecular flexibility index (Phi) is 5.11. The Labute approximate surface area is 127 Å². The molecule has 1 aromatic heterocycles. The summed E-state index contributed by atoms with van der Waals surface area (Å²) in [5.74, 6) is 2.08. The summed E-state index contributed by atoms with van der Waals surface area (Å²) in [6, 6.07) is 2.66. The molecule has 1 saturated heterocycles. The molecule has 1 aliphatic rings. The lowest BCUT2D eigenvalue weighted by atomic mass is 10.0. The van der Waals surface area contributed by atoms with Crippen molar-refractivity contribution in [3.05, 3.63) is 23.2 Å². The van der Waals surface area contributed by atoms with E-state index in [0.29, 0.717) is 19.1 Å². The van der Waals surface area contributed by atoms with E-state index < -0.39 is 10.0 Å². The zero-order valence-corrected chi connectivity index (χ0v) is 14.2.